The van der Waals surface area contributed by atoms with Gasteiger partial charge in [0.2, 0.25) is 0 Å². The third-order valence-corrected chi connectivity index (χ3v) is 2.54. The second-order valence-electron chi connectivity index (χ2n) is 3.91. The monoisotopic (exact) mass is 225 g/mol. The molecule has 0 fully saturated rings. The average molecular weight is 225 g/mol. The highest BCUT2D eigenvalue weighted by Gasteiger charge is 2.07. The van der Waals surface area contributed by atoms with Crippen LogP contribution >= 0.6 is 0 Å². The Hall–Kier alpha value is -0.930. The van der Waals surface area contributed by atoms with E-state index in [2.05, 4.69) is 12.2 Å². The molecule has 1 rings (SSSR count). The maximum atomic E-state index is 13.3. The quantitative estimate of drug-likeness (QED) is 0.770. The summed E-state index contributed by atoms with van der Waals surface area (Å²) in [5.41, 5.74) is 0.708. The van der Waals surface area contributed by atoms with Crippen LogP contribution in [0, 0.1) is 5.82 Å². The molecule has 0 spiro atoms. The Morgan fingerprint density at radius 3 is 2.75 bits per heavy atom. The summed E-state index contributed by atoms with van der Waals surface area (Å²) < 4.78 is 18.5. The smallest absolute Gasteiger partial charge is 0.127 e. The second kappa shape index (κ2) is 7.36. The fourth-order valence-corrected chi connectivity index (χ4v) is 1.69. The number of benzene rings is 1. The summed E-state index contributed by atoms with van der Waals surface area (Å²) in [5.74, 6) is -0.150. The van der Waals surface area contributed by atoms with Gasteiger partial charge >= 0.3 is 0 Å². The van der Waals surface area contributed by atoms with Gasteiger partial charge in [0.15, 0.2) is 0 Å². The fraction of sp³-hybridized carbons (Fsp3) is 0.538. The SMILES string of the molecule is CCCC(COC)NCc1ccccc1F. The predicted molar refractivity (Wildman–Crippen MR) is 63.8 cm³/mol. The van der Waals surface area contributed by atoms with Gasteiger partial charge in [-0.25, -0.2) is 4.39 Å². The Labute approximate surface area is 96.8 Å². The molecule has 0 aliphatic carbocycles. The molecular formula is C13H20FNO. The number of rotatable bonds is 7. The largest absolute Gasteiger partial charge is 0.383 e. The minimum absolute atomic E-state index is 0.150. The lowest BCUT2D eigenvalue weighted by Crippen LogP contribution is -2.32. The Bertz CT molecular complexity index is 298. The van der Waals surface area contributed by atoms with E-state index in [1.54, 1.807) is 19.2 Å². The first-order valence-electron chi connectivity index (χ1n) is 5.73. The van der Waals surface area contributed by atoms with Gasteiger partial charge < -0.3 is 10.1 Å². The summed E-state index contributed by atoms with van der Waals surface area (Å²) in [7, 11) is 1.69. The summed E-state index contributed by atoms with van der Waals surface area (Å²) >= 11 is 0. The highest BCUT2D eigenvalue weighted by molar-refractivity contribution is 5.16. The van der Waals surface area contributed by atoms with Gasteiger partial charge in [0.1, 0.15) is 5.82 Å². The minimum Gasteiger partial charge on any atom is -0.383 e. The van der Waals surface area contributed by atoms with E-state index >= 15 is 0 Å². The van der Waals surface area contributed by atoms with Crippen LogP contribution in [0.2, 0.25) is 0 Å². The highest BCUT2D eigenvalue weighted by Crippen LogP contribution is 2.07. The van der Waals surface area contributed by atoms with Crippen LogP contribution in [0.25, 0.3) is 0 Å². The molecule has 0 bridgehead atoms. The Balaban J connectivity index is 2.45. The summed E-state index contributed by atoms with van der Waals surface area (Å²) in [6, 6.07) is 7.15. The molecule has 0 aliphatic heterocycles. The fourth-order valence-electron chi connectivity index (χ4n) is 1.69. The number of hydrogen-bond acceptors (Lipinski definition) is 2. The van der Waals surface area contributed by atoms with E-state index in [1.807, 2.05) is 6.07 Å². The van der Waals surface area contributed by atoms with E-state index in [0.29, 0.717) is 24.8 Å². The molecule has 0 saturated carbocycles. The van der Waals surface area contributed by atoms with E-state index in [9.17, 15) is 4.39 Å². The lowest BCUT2D eigenvalue weighted by atomic mass is 10.1. The van der Waals surface area contributed by atoms with Gasteiger partial charge in [-0.2, -0.15) is 0 Å². The van der Waals surface area contributed by atoms with Gasteiger partial charge in [0.25, 0.3) is 0 Å². The zero-order valence-electron chi connectivity index (χ0n) is 10.0. The molecule has 3 heteroatoms. The van der Waals surface area contributed by atoms with Crippen LogP contribution in [0.4, 0.5) is 4.39 Å². The third-order valence-electron chi connectivity index (χ3n) is 2.54. The highest BCUT2D eigenvalue weighted by atomic mass is 19.1. The number of halogens is 1. The zero-order valence-corrected chi connectivity index (χ0v) is 10.0. The van der Waals surface area contributed by atoms with Crippen LogP contribution in [0.5, 0.6) is 0 Å². The zero-order chi connectivity index (χ0) is 11.8. The van der Waals surface area contributed by atoms with Crippen molar-refractivity contribution >= 4 is 0 Å². The molecule has 1 N–H and O–H groups in total. The van der Waals surface area contributed by atoms with Gasteiger partial charge in [-0.15, -0.1) is 0 Å². The Morgan fingerprint density at radius 1 is 1.38 bits per heavy atom. The van der Waals surface area contributed by atoms with Crippen molar-refractivity contribution in [3.05, 3.63) is 35.6 Å². The Morgan fingerprint density at radius 2 is 2.12 bits per heavy atom. The average Bonchev–Trinajstić information content (AvgIpc) is 2.28. The molecule has 0 saturated heterocycles. The van der Waals surface area contributed by atoms with E-state index in [1.165, 1.54) is 6.07 Å². The molecule has 0 radical (unpaired) electrons. The summed E-state index contributed by atoms with van der Waals surface area (Å²) in [6.07, 6.45) is 2.14. The van der Waals surface area contributed by atoms with Crippen LogP contribution in [0.15, 0.2) is 24.3 Å². The molecule has 90 valence electrons. The van der Waals surface area contributed by atoms with Crippen molar-refractivity contribution < 1.29 is 9.13 Å². The second-order valence-corrected chi connectivity index (χ2v) is 3.91. The van der Waals surface area contributed by atoms with Gasteiger partial charge in [0, 0.05) is 25.3 Å². The first-order valence-corrected chi connectivity index (χ1v) is 5.73. The van der Waals surface area contributed by atoms with Crippen molar-refractivity contribution in [3.8, 4) is 0 Å². The van der Waals surface area contributed by atoms with Crippen molar-refractivity contribution in [2.75, 3.05) is 13.7 Å². The first-order chi connectivity index (χ1) is 7.77. The molecule has 0 heterocycles. The number of ether oxygens (including phenoxy) is 1. The Kier molecular flexibility index (Phi) is 6.04. The molecule has 1 atom stereocenters. The van der Waals surface area contributed by atoms with Crippen LogP contribution < -0.4 is 5.32 Å². The molecule has 0 aromatic heterocycles. The van der Waals surface area contributed by atoms with Crippen molar-refractivity contribution in [1.29, 1.82) is 0 Å². The van der Waals surface area contributed by atoms with Gasteiger partial charge in [-0.05, 0) is 12.5 Å². The van der Waals surface area contributed by atoms with Crippen molar-refractivity contribution in [3.63, 3.8) is 0 Å². The van der Waals surface area contributed by atoms with Crippen LogP contribution in [-0.4, -0.2) is 19.8 Å². The third kappa shape index (κ3) is 4.29. The summed E-state index contributed by atoms with van der Waals surface area (Å²) in [6.45, 7) is 3.36. The molecule has 0 amide bonds. The summed E-state index contributed by atoms with van der Waals surface area (Å²) in [5, 5.41) is 3.31. The van der Waals surface area contributed by atoms with Gasteiger partial charge in [-0.1, -0.05) is 31.5 Å². The lowest BCUT2D eigenvalue weighted by molar-refractivity contribution is 0.161. The maximum absolute atomic E-state index is 13.3. The van der Waals surface area contributed by atoms with E-state index in [-0.39, 0.29) is 5.82 Å². The molecule has 0 aliphatic rings. The number of methoxy groups -OCH3 is 1. The molecule has 1 aromatic carbocycles. The topological polar surface area (TPSA) is 21.3 Å². The lowest BCUT2D eigenvalue weighted by Gasteiger charge is -2.17. The predicted octanol–water partition coefficient (Wildman–Crippen LogP) is 2.73. The molecular weight excluding hydrogens is 205 g/mol. The molecule has 16 heavy (non-hydrogen) atoms. The van der Waals surface area contributed by atoms with Gasteiger partial charge in [0.05, 0.1) is 6.61 Å². The van der Waals surface area contributed by atoms with Crippen molar-refractivity contribution in [2.45, 2.75) is 32.4 Å². The van der Waals surface area contributed by atoms with Crippen LogP contribution in [-0.2, 0) is 11.3 Å². The normalized spacial score (nSPS) is 12.7. The minimum atomic E-state index is -0.150. The first kappa shape index (κ1) is 13.1. The van der Waals surface area contributed by atoms with Crippen LogP contribution in [0.1, 0.15) is 25.3 Å². The van der Waals surface area contributed by atoms with Crippen LogP contribution in [0.3, 0.4) is 0 Å². The number of hydrogen-bond donors (Lipinski definition) is 1. The van der Waals surface area contributed by atoms with E-state index in [0.717, 1.165) is 12.8 Å². The molecule has 1 unspecified atom stereocenters. The maximum Gasteiger partial charge on any atom is 0.127 e. The van der Waals surface area contributed by atoms with E-state index in [4.69, 9.17) is 4.74 Å². The number of nitrogens with one attached hydrogen (secondary N) is 1. The summed E-state index contributed by atoms with van der Waals surface area (Å²) in [4.78, 5) is 0. The van der Waals surface area contributed by atoms with Gasteiger partial charge in [-0.3, -0.25) is 0 Å². The van der Waals surface area contributed by atoms with Crippen molar-refractivity contribution in [1.82, 2.24) is 5.32 Å². The molecule has 2 nitrogen and oxygen atoms in total. The van der Waals surface area contributed by atoms with E-state index < -0.39 is 0 Å². The standard InChI is InChI=1S/C13H20FNO/c1-3-6-12(10-16-2)15-9-11-7-4-5-8-13(11)14/h4-5,7-8,12,15H,3,6,9-10H2,1-2H3. The molecule has 1 aromatic rings. The van der Waals surface area contributed by atoms with Crippen molar-refractivity contribution in [2.24, 2.45) is 0 Å².